The summed E-state index contributed by atoms with van der Waals surface area (Å²) in [6, 6.07) is 12.3. The van der Waals surface area contributed by atoms with Crippen LogP contribution in [0.15, 0.2) is 47.4 Å². The zero-order valence-corrected chi connectivity index (χ0v) is 18.3. The van der Waals surface area contributed by atoms with Crippen molar-refractivity contribution in [3.05, 3.63) is 42.5 Å². The lowest BCUT2D eigenvalue weighted by molar-refractivity contribution is -0.125. The minimum Gasteiger partial charge on any atom is -0.308 e. The summed E-state index contributed by atoms with van der Waals surface area (Å²) in [5.74, 6) is 0.138. The highest BCUT2D eigenvalue weighted by atomic mass is 32.2. The van der Waals surface area contributed by atoms with Crippen LogP contribution in [-0.2, 0) is 19.4 Å². The molecule has 2 aromatic rings. The fourth-order valence-electron chi connectivity index (χ4n) is 4.26. The maximum Gasteiger partial charge on any atom is 0.230 e. The molecular weight excluding hydrogens is 400 g/mol. The number of amides is 2. The van der Waals surface area contributed by atoms with E-state index < -0.39 is 9.84 Å². The number of anilines is 2. The number of benzene rings is 2. The fourth-order valence-corrected chi connectivity index (χ4v) is 4.89. The van der Waals surface area contributed by atoms with Gasteiger partial charge in [-0.2, -0.15) is 0 Å². The van der Waals surface area contributed by atoms with Gasteiger partial charge in [0.05, 0.1) is 22.3 Å². The third kappa shape index (κ3) is 3.62. The summed E-state index contributed by atoms with van der Waals surface area (Å²) in [7, 11) is -3.26. The van der Waals surface area contributed by atoms with Crippen molar-refractivity contribution in [2.45, 2.75) is 44.0 Å². The van der Waals surface area contributed by atoms with Gasteiger partial charge < -0.3 is 9.80 Å². The molecule has 2 aromatic carbocycles. The van der Waals surface area contributed by atoms with Gasteiger partial charge in [0.25, 0.3) is 0 Å². The number of carbonyl (C=O) groups is 2. The highest BCUT2D eigenvalue weighted by Crippen LogP contribution is 2.41. The number of hydrogen-bond donors (Lipinski definition) is 0. The van der Waals surface area contributed by atoms with Crippen LogP contribution in [0, 0.1) is 5.92 Å². The Labute approximate surface area is 177 Å². The molecule has 158 valence electrons. The van der Waals surface area contributed by atoms with Crippen molar-refractivity contribution in [2.75, 3.05) is 22.6 Å². The average Bonchev–Trinajstić information content (AvgIpc) is 2.64. The molecule has 1 unspecified atom stereocenters. The molecular formula is C23H26N2O4S. The lowest BCUT2D eigenvalue weighted by Gasteiger charge is -2.43. The molecule has 0 bridgehead atoms. The third-order valence-corrected chi connectivity index (χ3v) is 7.22. The molecule has 1 aliphatic heterocycles. The van der Waals surface area contributed by atoms with E-state index in [0.717, 1.165) is 41.8 Å². The molecule has 30 heavy (non-hydrogen) atoms. The van der Waals surface area contributed by atoms with Crippen molar-refractivity contribution in [1.82, 2.24) is 0 Å². The molecule has 1 heterocycles. The summed E-state index contributed by atoms with van der Waals surface area (Å²) in [5, 5.41) is 0. The Morgan fingerprint density at radius 1 is 0.967 bits per heavy atom. The minimum atomic E-state index is -3.26. The molecule has 1 aliphatic carbocycles. The summed E-state index contributed by atoms with van der Waals surface area (Å²) < 4.78 is 23.5. The summed E-state index contributed by atoms with van der Waals surface area (Å²) in [6.45, 7) is 3.98. The van der Waals surface area contributed by atoms with Crippen LogP contribution >= 0.6 is 0 Å². The van der Waals surface area contributed by atoms with E-state index in [1.54, 1.807) is 36.1 Å². The standard InChI is InChI=1S/C23H26N2O4S/c1-15-14-24(23(27)18-5-4-6-18)22-13-19(9-12-21(22)25(15)16(2)26)17-7-10-20(11-8-17)30(3,28)29/h7-13,15,18H,4-6,14H2,1-3H3. The predicted octanol–water partition coefficient (Wildman–Crippen LogP) is 3.65. The molecule has 6 nitrogen and oxygen atoms in total. The quantitative estimate of drug-likeness (QED) is 0.751. The zero-order valence-electron chi connectivity index (χ0n) is 17.5. The smallest absolute Gasteiger partial charge is 0.230 e. The maximum absolute atomic E-state index is 13.1. The van der Waals surface area contributed by atoms with Crippen molar-refractivity contribution in [1.29, 1.82) is 0 Å². The van der Waals surface area contributed by atoms with Crippen LogP contribution in [0.3, 0.4) is 0 Å². The van der Waals surface area contributed by atoms with E-state index in [1.165, 1.54) is 6.26 Å². The molecule has 0 radical (unpaired) electrons. The van der Waals surface area contributed by atoms with Crippen LogP contribution in [0.5, 0.6) is 0 Å². The van der Waals surface area contributed by atoms with Crippen molar-refractivity contribution in [3.8, 4) is 11.1 Å². The Balaban J connectivity index is 1.78. The minimum absolute atomic E-state index is 0.0512. The number of nitrogens with zero attached hydrogens (tertiary/aromatic N) is 2. The van der Waals surface area contributed by atoms with Crippen molar-refractivity contribution >= 4 is 33.0 Å². The first kappa shape index (κ1) is 20.6. The van der Waals surface area contributed by atoms with Gasteiger partial charge in [-0.15, -0.1) is 0 Å². The van der Waals surface area contributed by atoms with Crippen LogP contribution in [0.4, 0.5) is 11.4 Å². The van der Waals surface area contributed by atoms with Crippen LogP contribution < -0.4 is 9.80 Å². The number of sulfone groups is 1. The Kier molecular flexibility index (Phi) is 5.18. The Morgan fingerprint density at radius 2 is 1.60 bits per heavy atom. The van der Waals surface area contributed by atoms with Gasteiger partial charge in [0, 0.05) is 25.6 Å². The van der Waals surface area contributed by atoms with E-state index in [0.29, 0.717) is 6.54 Å². The first-order valence-corrected chi connectivity index (χ1v) is 12.1. The van der Waals surface area contributed by atoms with Gasteiger partial charge >= 0.3 is 0 Å². The average molecular weight is 427 g/mol. The van der Waals surface area contributed by atoms with Crippen molar-refractivity contribution in [2.24, 2.45) is 5.92 Å². The Bertz CT molecular complexity index is 1100. The van der Waals surface area contributed by atoms with Crippen LogP contribution in [-0.4, -0.2) is 39.1 Å². The first-order valence-electron chi connectivity index (χ1n) is 10.2. The van der Waals surface area contributed by atoms with Gasteiger partial charge in [-0.3, -0.25) is 9.59 Å². The predicted molar refractivity (Wildman–Crippen MR) is 117 cm³/mol. The molecule has 1 atom stereocenters. The second kappa shape index (κ2) is 7.54. The van der Waals surface area contributed by atoms with Crippen molar-refractivity contribution in [3.63, 3.8) is 0 Å². The van der Waals surface area contributed by atoms with Crippen LogP contribution in [0.2, 0.25) is 0 Å². The van der Waals surface area contributed by atoms with Gasteiger partial charge in [-0.25, -0.2) is 8.42 Å². The molecule has 2 amide bonds. The molecule has 1 saturated carbocycles. The lowest BCUT2D eigenvalue weighted by atomic mass is 9.84. The molecule has 0 spiro atoms. The van der Waals surface area contributed by atoms with Gasteiger partial charge in [-0.05, 0) is 55.2 Å². The summed E-state index contributed by atoms with van der Waals surface area (Å²) in [4.78, 5) is 29.3. The highest BCUT2D eigenvalue weighted by molar-refractivity contribution is 7.90. The molecule has 7 heteroatoms. The number of carbonyl (C=O) groups excluding carboxylic acids is 2. The monoisotopic (exact) mass is 426 g/mol. The first-order chi connectivity index (χ1) is 14.2. The van der Waals surface area contributed by atoms with Crippen LogP contribution in [0.25, 0.3) is 11.1 Å². The van der Waals surface area contributed by atoms with E-state index in [4.69, 9.17) is 0 Å². The largest absolute Gasteiger partial charge is 0.308 e. The topological polar surface area (TPSA) is 74.8 Å². The summed E-state index contributed by atoms with van der Waals surface area (Å²) in [6.07, 6.45) is 4.10. The van der Waals surface area contributed by atoms with E-state index in [2.05, 4.69) is 0 Å². The molecule has 0 aromatic heterocycles. The zero-order chi connectivity index (χ0) is 21.6. The SMILES string of the molecule is CC(=O)N1c2ccc(-c3ccc(S(C)(=O)=O)cc3)cc2N(C(=O)C2CCC2)CC1C. The Hall–Kier alpha value is -2.67. The molecule has 2 aliphatic rings. The van der Waals surface area contributed by atoms with E-state index in [-0.39, 0.29) is 28.7 Å². The van der Waals surface area contributed by atoms with Gasteiger partial charge in [0.2, 0.25) is 11.8 Å². The normalized spacial score (nSPS) is 19.2. The van der Waals surface area contributed by atoms with E-state index >= 15 is 0 Å². The summed E-state index contributed by atoms with van der Waals surface area (Å²) in [5.41, 5.74) is 3.21. The lowest BCUT2D eigenvalue weighted by Crippen LogP contribution is -2.53. The van der Waals surface area contributed by atoms with Crippen molar-refractivity contribution < 1.29 is 18.0 Å². The van der Waals surface area contributed by atoms with Crippen LogP contribution in [0.1, 0.15) is 33.1 Å². The van der Waals surface area contributed by atoms with E-state index in [9.17, 15) is 18.0 Å². The fraction of sp³-hybridized carbons (Fsp3) is 0.391. The van der Waals surface area contributed by atoms with E-state index in [1.807, 2.05) is 30.0 Å². The summed E-state index contributed by atoms with van der Waals surface area (Å²) >= 11 is 0. The molecule has 4 rings (SSSR count). The van der Waals surface area contributed by atoms with Gasteiger partial charge in [-0.1, -0.05) is 24.6 Å². The maximum atomic E-state index is 13.1. The van der Waals surface area contributed by atoms with Gasteiger partial charge in [0.15, 0.2) is 9.84 Å². The molecule has 0 N–H and O–H groups in total. The Morgan fingerprint density at radius 3 is 2.13 bits per heavy atom. The number of hydrogen-bond acceptors (Lipinski definition) is 4. The molecule has 1 fully saturated rings. The molecule has 0 saturated heterocycles. The second-order valence-corrected chi connectivity index (χ2v) is 10.3. The number of rotatable bonds is 3. The number of fused-ring (bicyclic) bond motifs is 1. The second-order valence-electron chi connectivity index (χ2n) is 8.31. The van der Waals surface area contributed by atoms with Gasteiger partial charge in [0.1, 0.15) is 0 Å². The third-order valence-electron chi connectivity index (χ3n) is 6.09. The highest BCUT2D eigenvalue weighted by Gasteiger charge is 2.37.